The van der Waals surface area contributed by atoms with Crippen molar-refractivity contribution in [1.82, 2.24) is 18.9 Å². The highest BCUT2D eigenvalue weighted by molar-refractivity contribution is 7.78. The van der Waals surface area contributed by atoms with Crippen molar-refractivity contribution in [2.24, 2.45) is 0 Å². The van der Waals surface area contributed by atoms with Crippen LogP contribution in [0.1, 0.15) is 0 Å². The summed E-state index contributed by atoms with van der Waals surface area (Å²) in [5.41, 5.74) is 1.00. The molecule has 3 aromatic heterocycles. The second-order valence-electron chi connectivity index (χ2n) is 4.05. The van der Waals surface area contributed by atoms with Gasteiger partial charge in [0.25, 0.3) is 0 Å². The van der Waals surface area contributed by atoms with Crippen LogP contribution in [-0.2, 0) is 0 Å². The maximum atomic E-state index is 13.4. The average molecular weight is 293 g/mol. The van der Waals surface area contributed by atoms with Crippen LogP contribution in [0.4, 0.5) is 14.6 Å². The molecule has 0 unspecified atom stereocenters. The van der Waals surface area contributed by atoms with Crippen molar-refractivity contribution in [2.45, 2.75) is 0 Å². The summed E-state index contributed by atoms with van der Waals surface area (Å²) in [5, 5.41) is 3.14. The summed E-state index contributed by atoms with van der Waals surface area (Å²) < 4.78 is 28.2. The van der Waals surface area contributed by atoms with E-state index < -0.39 is 11.6 Å². The monoisotopic (exact) mass is 293 g/mol. The molecule has 3 heterocycles. The summed E-state index contributed by atoms with van der Waals surface area (Å²) in [6.45, 7) is 0. The molecule has 0 fully saturated rings. The van der Waals surface area contributed by atoms with Gasteiger partial charge in [0.15, 0.2) is 23.1 Å². The fourth-order valence-electron chi connectivity index (χ4n) is 1.92. The van der Waals surface area contributed by atoms with Crippen molar-refractivity contribution in [1.29, 1.82) is 0 Å². The second-order valence-corrected chi connectivity index (χ2v) is 4.48. The number of nitrogens with one attached hydrogen (secondary N) is 1. The smallest absolute Gasteiger partial charge is 0.183 e. The topological polar surface area (TPSA) is 55.6 Å². The zero-order chi connectivity index (χ0) is 14.3. The Bertz CT molecular complexity index is 802. The highest BCUT2D eigenvalue weighted by atomic mass is 32.1. The molecule has 0 aliphatic heterocycles. The Kier molecular flexibility index (Phi) is 3.01. The minimum atomic E-state index is -0.560. The third-order valence-electron chi connectivity index (χ3n) is 2.81. The van der Waals surface area contributed by atoms with Crippen molar-refractivity contribution in [3.8, 4) is 11.4 Å². The molecule has 0 saturated carbocycles. The fraction of sp³-hybridized carbons (Fsp3) is 0.0833. The molecule has 3 rings (SSSR count). The predicted molar refractivity (Wildman–Crippen MR) is 74.6 cm³/mol. The van der Waals surface area contributed by atoms with Crippen molar-refractivity contribution in [3.05, 3.63) is 36.3 Å². The fourth-order valence-corrected chi connectivity index (χ4v) is 2.19. The van der Waals surface area contributed by atoms with Gasteiger partial charge in [-0.1, -0.05) is 12.8 Å². The Morgan fingerprint density at radius 1 is 1.25 bits per heavy atom. The number of aromatic nitrogens is 4. The molecule has 0 aliphatic carbocycles. The van der Waals surface area contributed by atoms with E-state index in [4.69, 9.17) is 0 Å². The van der Waals surface area contributed by atoms with Crippen LogP contribution in [0.25, 0.3) is 22.4 Å². The van der Waals surface area contributed by atoms with Gasteiger partial charge in [0, 0.05) is 24.2 Å². The van der Waals surface area contributed by atoms with Crippen LogP contribution in [0.15, 0.2) is 24.7 Å². The van der Waals surface area contributed by atoms with E-state index in [0.717, 1.165) is 12.4 Å². The number of fused-ring (bicyclic) bond motifs is 1. The van der Waals surface area contributed by atoms with Gasteiger partial charge in [-0.3, -0.25) is 3.97 Å². The first-order valence-corrected chi connectivity index (χ1v) is 6.06. The Labute approximate surface area is 118 Å². The zero-order valence-electron chi connectivity index (χ0n) is 10.3. The summed E-state index contributed by atoms with van der Waals surface area (Å²) in [7, 11) is 1.55. The van der Waals surface area contributed by atoms with E-state index in [1.807, 2.05) is 0 Å². The number of thiol groups is 1. The van der Waals surface area contributed by atoms with E-state index in [1.165, 1.54) is 10.0 Å². The molecule has 8 heteroatoms. The first-order chi connectivity index (χ1) is 9.60. The SMILES string of the molecule is CNc1nc(-c2cn(S)c3ncc(F)cc23)ncc1F. The molecule has 0 aliphatic rings. The number of pyridine rings is 1. The van der Waals surface area contributed by atoms with Crippen LogP contribution in [-0.4, -0.2) is 26.0 Å². The molecular weight excluding hydrogens is 284 g/mol. The summed E-state index contributed by atoms with van der Waals surface area (Å²) in [6.07, 6.45) is 3.76. The van der Waals surface area contributed by atoms with E-state index in [1.54, 1.807) is 13.2 Å². The van der Waals surface area contributed by atoms with E-state index in [0.29, 0.717) is 16.6 Å². The minimum Gasteiger partial charge on any atom is -0.371 e. The Balaban J connectivity index is 2.26. The van der Waals surface area contributed by atoms with Crippen LogP contribution < -0.4 is 5.32 Å². The molecular formula is C12H9F2N5S. The van der Waals surface area contributed by atoms with Crippen LogP contribution in [0.2, 0.25) is 0 Å². The highest BCUT2D eigenvalue weighted by Crippen LogP contribution is 2.29. The largest absolute Gasteiger partial charge is 0.371 e. The lowest BCUT2D eigenvalue weighted by molar-refractivity contribution is 0.619. The Morgan fingerprint density at radius 2 is 2.05 bits per heavy atom. The molecule has 0 amide bonds. The molecule has 1 N–H and O–H groups in total. The van der Waals surface area contributed by atoms with Gasteiger partial charge in [0.2, 0.25) is 0 Å². The standard InChI is InChI=1S/C12H9F2N5S/c1-15-11-9(14)4-16-10(18-11)8-5-19(20)12-7(8)2-6(13)3-17-12/h2-5,20H,1H3,(H,15,16,18). The van der Waals surface area contributed by atoms with Gasteiger partial charge in [0.1, 0.15) is 5.82 Å². The van der Waals surface area contributed by atoms with Crippen LogP contribution >= 0.6 is 12.8 Å². The summed E-state index contributed by atoms with van der Waals surface area (Å²) in [6, 6.07) is 1.32. The summed E-state index contributed by atoms with van der Waals surface area (Å²) >= 11 is 4.21. The van der Waals surface area contributed by atoms with Crippen molar-refractivity contribution in [3.63, 3.8) is 0 Å². The van der Waals surface area contributed by atoms with E-state index in [2.05, 4.69) is 33.1 Å². The number of halogens is 2. The van der Waals surface area contributed by atoms with Crippen molar-refractivity contribution >= 4 is 29.7 Å². The van der Waals surface area contributed by atoms with Gasteiger partial charge >= 0.3 is 0 Å². The first-order valence-electron chi connectivity index (χ1n) is 5.66. The van der Waals surface area contributed by atoms with Crippen LogP contribution in [0, 0.1) is 11.6 Å². The van der Waals surface area contributed by atoms with E-state index >= 15 is 0 Å². The van der Waals surface area contributed by atoms with Gasteiger partial charge in [0.05, 0.1) is 12.4 Å². The molecule has 0 bridgehead atoms. The van der Waals surface area contributed by atoms with E-state index in [-0.39, 0.29) is 11.6 Å². The zero-order valence-corrected chi connectivity index (χ0v) is 11.2. The van der Waals surface area contributed by atoms with Gasteiger partial charge in [-0.25, -0.2) is 23.7 Å². The van der Waals surface area contributed by atoms with Crippen molar-refractivity contribution < 1.29 is 8.78 Å². The van der Waals surface area contributed by atoms with Gasteiger partial charge in [-0.15, -0.1) is 0 Å². The third-order valence-corrected chi connectivity index (χ3v) is 3.12. The molecule has 5 nitrogen and oxygen atoms in total. The van der Waals surface area contributed by atoms with Crippen LogP contribution in [0.5, 0.6) is 0 Å². The lowest BCUT2D eigenvalue weighted by Crippen LogP contribution is -1.99. The number of hydrogen-bond donors (Lipinski definition) is 2. The molecule has 0 spiro atoms. The minimum absolute atomic E-state index is 0.0689. The molecule has 102 valence electrons. The number of rotatable bonds is 2. The molecule has 3 aromatic rings. The highest BCUT2D eigenvalue weighted by Gasteiger charge is 2.15. The predicted octanol–water partition coefficient (Wildman–Crippen LogP) is 2.51. The lowest BCUT2D eigenvalue weighted by Gasteiger charge is -2.03. The van der Waals surface area contributed by atoms with Gasteiger partial charge in [-0.05, 0) is 6.07 Å². The number of hydrogen-bond acceptors (Lipinski definition) is 5. The maximum absolute atomic E-state index is 13.4. The lowest BCUT2D eigenvalue weighted by atomic mass is 10.2. The summed E-state index contributed by atoms with van der Waals surface area (Å²) in [5.74, 6) is -0.704. The van der Waals surface area contributed by atoms with Crippen molar-refractivity contribution in [2.75, 3.05) is 12.4 Å². The molecule has 0 radical (unpaired) electrons. The Morgan fingerprint density at radius 3 is 2.80 bits per heavy atom. The molecule has 0 aromatic carbocycles. The number of nitrogens with zero attached hydrogens (tertiary/aromatic N) is 4. The second kappa shape index (κ2) is 4.71. The van der Waals surface area contributed by atoms with Crippen LogP contribution in [0.3, 0.4) is 0 Å². The third kappa shape index (κ3) is 1.97. The normalized spacial score (nSPS) is 11.0. The average Bonchev–Trinajstić information content (AvgIpc) is 2.76. The number of anilines is 1. The maximum Gasteiger partial charge on any atom is 0.183 e. The van der Waals surface area contributed by atoms with E-state index in [9.17, 15) is 8.78 Å². The quantitative estimate of drug-likeness (QED) is 0.713. The molecule has 0 saturated heterocycles. The summed E-state index contributed by atoms with van der Waals surface area (Å²) in [4.78, 5) is 11.9. The molecule has 20 heavy (non-hydrogen) atoms. The Hall–Kier alpha value is -2.22. The molecule has 0 atom stereocenters. The first kappa shape index (κ1) is 12.8. The van der Waals surface area contributed by atoms with Gasteiger partial charge in [-0.2, -0.15) is 0 Å². The van der Waals surface area contributed by atoms with Gasteiger partial charge < -0.3 is 5.32 Å².